The molecule has 7 nitrogen and oxygen atoms in total. The lowest BCUT2D eigenvalue weighted by Gasteiger charge is -2.28. The Hall–Kier alpha value is -2.00. The van der Waals surface area contributed by atoms with Crippen LogP contribution in [0.2, 0.25) is 0 Å². The lowest BCUT2D eigenvalue weighted by molar-refractivity contribution is -0.137. The molecule has 2 amide bonds. The Morgan fingerprint density at radius 2 is 1.70 bits per heavy atom. The van der Waals surface area contributed by atoms with Crippen LogP contribution in [0.5, 0.6) is 0 Å². The van der Waals surface area contributed by atoms with Crippen molar-refractivity contribution < 1.29 is 22.4 Å². The van der Waals surface area contributed by atoms with Gasteiger partial charge in [0.1, 0.15) is 11.9 Å². The van der Waals surface area contributed by atoms with Crippen molar-refractivity contribution in [1.82, 2.24) is 14.5 Å². The molecule has 2 rings (SSSR count). The molecule has 1 aromatic carbocycles. The molecule has 0 spiro atoms. The number of halogens is 1. The summed E-state index contributed by atoms with van der Waals surface area (Å²) in [5.74, 6) is -1.07. The monoisotopic (exact) mass is 399 g/mol. The van der Waals surface area contributed by atoms with Gasteiger partial charge in [-0.2, -0.15) is 4.31 Å². The Labute approximate surface area is 159 Å². The fourth-order valence-corrected chi connectivity index (χ4v) is 4.51. The van der Waals surface area contributed by atoms with Gasteiger partial charge in [-0.05, 0) is 36.6 Å². The number of amides is 2. The second kappa shape index (κ2) is 8.79. The number of rotatable bonds is 5. The molecule has 1 N–H and O–H groups in total. The zero-order valence-electron chi connectivity index (χ0n) is 15.8. The first-order chi connectivity index (χ1) is 12.6. The molecule has 9 heteroatoms. The first kappa shape index (κ1) is 21.3. The lowest BCUT2D eigenvalue weighted by Crippen LogP contribution is -2.51. The van der Waals surface area contributed by atoms with Crippen LogP contribution in [-0.2, 0) is 19.6 Å². The molecule has 0 aromatic heterocycles. The molecule has 1 fully saturated rings. The number of carbonyl (C=O) groups is 2. The van der Waals surface area contributed by atoms with Crippen LogP contribution < -0.4 is 5.32 Å². The maximum atomic E-state index is 13.1. The molecular formula is C18H26FN3O4S. The molecule has 1 aliphatic rings. The first-order valence-corrected chi connectivity index (χ1v) is 10.4. The van der Waals surface area contributed by atoms with Gasteiger partial charge in [-0.25, -0.2) is 12.8 Å². The van der Waals surface area contributed by atoms with Gasteiger partial charge in [0.05, 0.1) is 4.90 Å². The van der Waals surface area contributed by atoms with Crippen molar-refractivity contribution in [2.75, 3.05) is 26.2 Å². The quantitative estimate of drug-likeness (QED) is 0.806. The summed E-state index contributed by atoms with van der Waals surface area (Å²) in [5, 5.41) is 2.67. The summed E-state index contributed by atoms with van der Waals surface area (Å²) < 4.78 is 39.9. The van der Waals surface area contributed by atoms with Crippen molar-refractivity contribution in [3.8, 4) is 0 Å². The molecule has 27 heavy (non-hydrogen) atoms. The fourth-order valence-electron chi connectivity index (χ4n) is 3.04. The van der Waals surface area contributed by atoms with E-state index in [1.807, 2.05) is 13.8 Å². The third kappa shape index (κ3) is 5.26. The largest absolute Gasteiger partial charge is 0.344 e. The van der Waals surface area contributed by atoms with Gasteiger partial charge >= 0.3 is 0 Å². The van der Waals surface area contributed by atoms with Crippen LogP contribution >= 0.6 is 0 Å². The Kier molecular flexibility index (Phi) is 6.94. The van der Waals surface area contributed by atoms with E-state index >= 15 is 0 Å². The van der Waals surface area contributed by atoms with E-state index in [4.69, 9.17) is 0 Å². The summed E-state index contributed by atoms with van der Waals surface area (Å²) in [4.78, 5) is 25.8. The predicted molar refractivity (Wildman–Crippen MR) is 98.8 cm³/mol. The number of hydrogen-bond acceptors (Lipinski definition) is 4. The van der Waals surface area contributed by atoms with Crippen LogP contribution in [-0.4, -0.2) is 61.7 Å². The molecule has 1 heterocycles. The molecule has 0 bridgehead atoms. The minimum atomic E-state index is -3.75. The Morgan fingerprint density at radius 1 is 1.07 bits per heavy atom. The third-order valence-electron chi connectivity index (χ3n) is 4.51. The molecule has 1 atom stereocenters. The van der Waals surface area contributed by atoms with E-state index in [0.717, 1.165) is 12.1 Å². The van der Waals surface area contributed by atoms with Gasteiger partial charge in [0.2, 0.25) is 21.8 Å². The van der Waals surface area contributed by atoms with E-state index in [2.05, 4.69) is 5.32 Å². The smallest absolute Gasteiger partial charge is 0.245 e. The summed E-state index contributed by atoms with van der Waals surface area (Å²) >= 11 is 0. The second-order valence-corrected chi connectivity index (χ2v) is 8.90. The summed E-state index contributed by atoms with van der Waals surface area (Å²) in [6.07, 6.45) is 0.483. The van der Waals surface area contributed by atoms with Crippen molar-refractivity contribution in [3.63, 3.8) is 0 Å². The van der Waals surface area contributed by atoms with E-state index in [1.54, 1.807) is 4.90 Å². The van der Waals surface area contributed by atoms with Gasteiger partial charge in [0, 0.05) is 33.1 Å². The van der Waals surface area contributed by atoms with E-state index < -0.39 is 21.9 Å². The summed E-state index contributed by atoms with van der Waals surface area (Å²) in [5.41, 5.74) is 0. The van der Waals surface area contributed by atoms with Crippen LogP contribution in [0.15, 0.2) is 29.2 Å². The second-order valence-electron chi connectivity index (χ2n) is 6.96. The van der Waals surface area contributed by atoms with Gasteiger partial charge in [-0.3, -0.25) is 9.59 Å². The van der Waals surface area contributed by atoms with Crippen molar-refractivity contribution in [2.24, 2.45) is 5.92 Å². The number of nitrogens with one attached hydrogen (secondary N) is 1. The molecule has 0 aliphatic carbocycles. The first-order valence-electron chi connectivity index (χ1n) is 8.94. The maximum Gasteiger partial charge on any atom is 0.245 e. The summed E-state index contributed by atoms with van der Waals surface area (Å²) in [6.45, 7) is 6.14. The van der Waals surface area contributed by atoms with Gasteiger partial charge in [0.15, 0.2) is 0 Å². The molecule has 0 saturated carbocycles. The van der Waals surface area contributed by atoms with Crippen molar-refractivity contribution in [3.05, 3.63) is 30.1 Å². The number of nitrogens with zero attached hydrogens (tertiary/aromatic N) is 2. The normalized spacial score (nSPS) is 17.4. The average Bonchev–Trinajstić information content (AvgIpc) is 2.85. The summed E-state index contributed by atoms with van der Waals surface area (Å²) in [7, 11) is -3.75. The number of carbonyl (C=O) groups excluding carboxylic acids is 2. The van der Waals surface area contributed by atoms with E-state index in [9.17, 15) is 22.4 Å². The van der Waals surface area contributed by atoms with Crippen LogP contribution in [0.1, 0.15) is 27.2 Å². The number of benzene rings is 1. The zero-order chi connectivity index (χ0) is 20.2. The predicted octanol–water partition coefficient (Wildman–Crippen LogP) is 1.21. The van der Waals surface area contributed by atoms with Crippen LogP contribution in [0.25, 0.3) is 0 Å². The standard InChI is InChI=1S/C18H26FN3O4S/c1-13(2)17(20-14(3)23)18(24)21-9-4-10-22(12-11-21)27(25,26)16-7-5-15(19)6-8-16/h5-8,13,17H,4,9-12H2,1-3H3,(H,20,23). The molecule has 0 radical (unpaired) electrons. The zero-order valence-corrected chi connectivity index (χ0v) is 16.6. The topological polar surface area (TPSA) is 86.8 Å². The Balaban J connectivity index is 2.11. The third-order valence-corrected chi connectivity index (χ3v) is 6.42. The highest BCUT2D eigenvalue weighted by atomic mass is 32.2. The lowest BCUT2D eigenvalue weighted by atomic mass is 10.0. The van der Waals surface area contributed by atoms with Gasteiger partial charge in [0.25, 0.3) is 0 Å². The summed E-state index contributed by atoms with van der Waals surface area (Å²) in [6, 6.07) is 4.07. The number of sulfonamides is 1. The van der Waals surface area contributed by atoms with Crippen molar-refractivity contribution in [2.45, 2.75) is 38.1 Å². The average molecular weight is 399 g/mol. The number of hydrogen-bond donors (Lipinski definition) is 1. The minimum Gasteiger partial charge on any atom is -0.344 e. The highest BCUT2D eigenvalue weighted by Gasteiger charge is 2.32. The van der Waals surface area contributed by atoms with Crippen LogP contribution in [0.4, 0.5) is 4.39 Å². The SMILES string of the molecule is CC(=O)NC(C(=O)N1CCCN(S(=O)(=O)c2ccc(F)cc2)CC1)C(C)C. The molecule has 1 unspecified atom stereocenters. The van der Waals surface area contributed by atoms with E-state index in [-0.39, 0.29) is 42.3 Å². The van der Waals surface area contributed by atoms with Crippen molar-refractivity contribution >= 4 is 21.8 Å². The molecular weight excluding hydrogens is 373 g/mol. The maximum absolute atomic E-state index is 13.1. The van der Waals surface area contributed by atoms with Gasteiger partial charge in [-0.15, -0.1) is 0 Å². The van der Waals surface area contributed by atoms with Crippen molar-refractivity contribution in [1.29, 1.82) is 0 Å². The van der Waals surface area contributed by atoms with Crippen LogP contribution in [0, 0.1) is 11.7 Å². The van der Waals surface area contributed by atoms with E-state index in [1.165, 1.54) is 23.4 Å². The minimum absolute atomic E-state index is 0.0296. The van der Waals surface area contributed by atoms with E-state index in [0.29, 0.717) is 13.0 Å². The molecule has 1 aromatic rings. The highest BCUT2D eigenvalue weighted by Crippen LogP contribution is 2.19. The van der Waals surface area contributed by atoms with Gasteiger partial charge in [-0.1, -0.05) is 13.8 Å². The molecule has 1 aliphatic heterocycles. The molecule has 150 valence electrons. The highest BCUT2D eigenvalue weighted by molar-refractivity contribution is 7.89. The fraction of sp³-hybridized carbons (Fsp3) is 0.556. The Morgan fingerprint density at radius 3 is 2.26 bits per heavy atom. The molecule has 1 saturated heterocycles. The van der Waals surface area contributed by atoms with Gasteiger partial charge < -0.3 is 10.2 Å². The Bertz CT molecular complexity index is 780. The van der Waals surface area contributed by atoms with Crippen LogP contribution in [0.3, 0.4) is 0 Å².